The summed E-state index contributed by atoms with van der Waals surface area (Å²) in [6.07, 6.45) is 5.71. The summed E-state index contributed by atoms with van der Waals surface area (Å²) in [5, 5.41) is 8.39. The van der Waals surface area contributed by atoms with Crippen molar-refractivity contribution in [3.8, 4) is 0 Å². The molecule has 14 nitrogen and oxygen atoms in total. The minimum Gasteiger partial charge on any atom is -0.453 e. The van der Waals surface area contributed by atoms with Gasteiger partial charge in [-0.25, -0.2) is 9.78 Å². The number of H-pyrrole nitrogens is 1. The Morgan fingerprint density at radius 3 is 2.00 bits per heavy atom. The first-order chi connectivity index (χ1) is 27.2. The second-order valence-corrected chi connectivity index (χ2v) is 14.1. The summed E-state index contributed by atoms with van der Waals surface area (Å²) in [5.41, 5.74) is 4.19. The van der Waals surface area contributed by atoms with E-state index < -0.39 is 24.1 Å². The van der Waals surface area contributed by atoms with Crippen LogP contribution in [0.3, 0.4) is 0 Å². The van der Waals surface area contributed by atoms with Crippen molar-refractivity contribution in [2.75, 3.05) is 30.8 Å². The minimum absolute atomic E-state index is 0.0652. The van der Waals surface area contributed by atoms with Gasteiger partial charge in [-0.15, -0.1) is 0 Å². The van der Waals surface area contributed by atoms with Gasteiger partial charge in [-0.05, 0) is 68.0 Å². The van der Waals surface area contributed by atoms with Gasteiger partial charge in [0.1, 0.15) is 17.6 Å². The number of nitrogens with one attached hydrogen (secondary N) is 4. The van der Waals surface area contributed by atoms with Crippen molar-refractivity contribution < 1.29 is 28.7 Å². The fraction of sp³-hybridized carbons (Fsp3) is 0.310. The number of rotatable bonds is 11. The number of aromatic nitrogens is 2. The van der Waals surface area contributed by atoms with Gasteiger partial charge in [0, 0.05) is 48.4 Å². The van der Waals surface area contributed by atoms with Crippen LogP contribution in [-0.4, -0.2) is 81.4 Å². The number of hydrogen-bond donors (Lipinski definition) is 4. The Bertz CT molecular complexity index is 2150. The van der Waals surface area contributed by atoms with Crippen LogP contribution in [-0.2, 0) is 19.1 Å². The van der Waals surface area contributed by atoms with Crippen molar-refractivity contribution in [2.45, 2.75) is 63.1 Å². The molecule has 3 aliphatic rings. The molecule has 4 aromatic rings. The molecule has 0 spiro atoms. The Labute approximate surface area is 324 Å². The molecule has 1 aromatic heterocycles. The fourth-order valence-electron chi connectivity index (χ4n) is 7.56. The average molecular weight is 757 g/mol. The Kier molecular flexibility index (Phi) is 11.3. The number of hydrogen-bond acceptors (Lipinski definition) is 8. The second kappa shape index (κ2) is 16.8. The summed E-state index contributed by atoms with van der Waals surface area (Å²) in [5.74, 6) is -0.755. The van der Waals surface area contributed by atoms with Crippen LogP contribution in [0.5, 0.6) is 0 Å². The number of imidazole rings is 1. The summed E-state index contributed by atoms with van der Waals surface area (Å²) < 4.78 is 4.77. The van der Waals surface area contributed by atoms with Crippen LogP contribution in [0.15, 0.2) is 108 Å². The zero-order valence-electron chi connectivity index (χ0n) is 31.2. The number of benzene rings is 3. The Balaban J connectivity index is 0.920. The lowest BCUT2D eigenvalue weighted by molar-refractivity contribution is -0.134. The van der Waals surface area contributed by atoms with Crippen LogP contribution in [0.25, 0.3) is 0 Å². The molecule has 14 heteroatoms. The van der Waals surface area contributed by atoms with Crippen molar-refractivity contribution in [2.24, 2.45) is 4.99 Å². The highest BCUT2D eigenvalue weighted by atomic mass is 16.5. The second-order valence-electron chi connectivity index (χ2n) is 14.1. The van der Waals surface area contributed by atoms with Gasteiger partial charge < -0.3 is 35.5 Å². The molecule has 0 unspecified atom stereocenters. The maximum Gasteiger partial charge on any atom is 0.407 e. The Hall–Kier alpha value is -6.57. The van der Waals surface area contributed by atoms with E-state index in [-0.39, 0.29) is 35.4 Å². The third-order valence-electron chi connectivity index (χ3n) is 10.6. The molecule has 5 amide bonds. The number of ether oxygens (including phenoxy) is 1. The van der Waals surface area contributed by atoms with Gasteiger partial charge in [0.25, 0.3) is 17.7 Å². The van der Waals surface area contributed by atoms with Crippen LogP contribution in [0.4, 0.5) is 16.2 Å². The van der Waals surface area contributed by atoms with Gasteiger partial charge in [0.05, 0.1) is 31.3 Å². The fourth-order valence-corrected chi connectivity index (χ4v) is 7.56. The summed E-state index contributed by atoms with van der Waals surface area (Å²) in [6, 6.07) is 23.9. The quantitative estimate of drug-likeness (QED) is 0.148. The highest BCUT2D eigenvalue weighted by molar-refractivity contribution is 6.11. The number of methoxy groups -OCH3 is 1. The molecule has 3 aliphatic heterocycles. The maximum atomic E-state index is 13.8. The van der Waals surface area contributed by atoms with E-state index in [0.29, 0.717) is 54.3 Å². The number of likely N-dealkylation sites (tertiary alicyclic amines) is 2. The maximum absolute atomic E-state index is 13.8. The van der Waals surface area contributed by atoms with E-state index in [1.54, 1.807) is 59.6 Å². The predicted molar refractivity (Wildman–Crippen MR) is 210 cm³/mol. The van der Waals surface area contributed by atoms with Crippen molar-refractivity contribution in [1.82, 2.24) is 25.1 Å². The van der Waals surface area contributed by atoms with Gasteiger partial charge in [0.15, 0.2) is 0 Å². The highest BCUT2D eigenvalue weighted by Gasteiger charge is 2.38. The number of aliphatic imine (C=N–C) groups is 1. The molecule has 288 valence electrons. The van der Waals surface area contributed by atoms with Gasteiger partial charge in [0.2, 0.25) is 5.91 Å². The summed E-state index contributed by atoms with van der Waals surface area (Å²) >= 11 is 0. The average Bonchev–Trinajstić information content (AvgIpc) is 4.07. The molecule has 56 heavy (non-hydrogen) atoms. The first kappa shape index (κ1) is 37.7. The monoisotopic (exact) mass is 756 g/mol. The smallest absolute Gasteiger partial charge is 0.407 e. The van der Waals surface area contributed by atoms with E-state index in [1.807, 2.05) is 48.2 Å². The lowest BCUT2D eigenvalue weighted by atomic mass is 9.98. The molecule has 4 atom stereocenters. The number of anilines is 2. The lowest BCUT2D eigenvalue weighted by Crippen LogP contribution is -2.42. The van der Waals surface area contributed by atoms with Gasteiger partial charge >= 0.3 is 6.09 Å². The van der Waals surface area contributed by atoms with Crippen LogP contribution in [0, 0.1) is 0 Å². The topological polar surface area (TPSA) is 178 Å². The first-order valence-corrected chi connectivity index (χ1v) is 18.8. The summed E-state index contributed by atoms with van der Waals surface area (Å²) in [4.78, 5) is 81.5. The largest absolute Gasteiger partial charge is 0.453 e. The lowest BCUT2D eigenvalue weighted by Gasteiger charge is -2.28. The van der Waals surface area contributed by atoms with Crippen molar-refractivity contribution in [3.05, 3.63) is 126 Å². The normalized spacial score (nSPS) is 18.8. The summed E-state index contributed by atoms with van der Waals surface area (Å²) in [7, 11) is 1.24. The zero-order chi connectivity index (χ0) is 39.2. The number of nitrogens with zero attached hydrogens (tertiary/aromatic N) is 4. The molecule has 2 fully saturated rings. The Morgan fingerprint density at radius 1 is 0.768 bits per heavy atom. The third-order valence-corrected chi connectivity index (χ3v) is 10.6. The predicted octanol–water partition coefficient (Wildman–Crippen LogP) is 5.88. The minimum atomic E-state index is -0.954. The molecule has 0 radical (unpaired) electrons. The van der Waals surface area contributed by atoms with E-state index in [0.717, 1.165) is 30.5 Å². The Morgan fingerprint density at radius 2 is 1.36 bits per heavy atom. The highest BCUT2D eigenvalue weighted by Crippen LogP contribution is 2.33. The molecule has 4 N–H and O–H groups in total. The number of amides is 5. The zero-order valence-corrected chi connectivity index (χ0v) is 31.2. The number of alkyl carbamates (subject to hydrolysis) is 1. The van der Waals surface area contributed by atoms with E-state index in [9.17, 15) is 24.0 Å². The van der Waals surface area contributed by atoms with Crippen molar-refractivity contribution >= 4 is 46.8 Å². The molecular formula is C42H44N8O6. The summed E-state index contributed by atoms with van der Waals surface area (Å²) in [6.45, 7) is 3.05. The number of aromatic amines is 1. The van der Waals surface area contributed by atoms with Crippen LogP contribution in [0.2, 0.25) is 0 Å². The molecule has 3 aromatic carbocycles. The third kappa shape index (κ3) is 8.23. The molecular weight excluding hydrogens is 713 g/mol. The van der Waals surface area contributed by atoms with Crippen molar-refractivity contribution in [3.63, 3.8) is 0 Å². The van der Waals surface area contributed by atoms with Gasteiger partial charge in [-0.1, -0.05) is 60.7 Å². The number of carbonyl (C=O) groups excluding carboxylic acids is 5. The van der Waals surface area contributed by atoms with Crippen LogP contribution in [0.1, 0.15) is 84.5 Å². The van der Waals surface area contributed by atoms with Crippen LogP contribution >= 0.6 is 0 Å². The van der Waals surface area contributed by atoms with E-state index >= 15 is 0 Å². The first-order valence-electron chi connectivity index (χ1n) is 18.8. The standard InChI is InChI=1S/C42H44N8O6/c1-26(27-11-5-3-6-12-27)40(53)49-21-9-15-34(49)32-23-29(24-43-32)38(51)45-30-17-19-31(20-18-30)46-39(52)33-25-44-37(47-33)35-16-10-22-50(35)41(54)36(48-42(55)56-2)28-13-7-4-8-14-28/h3-8,11-14,17-20,24-26,34-36H,9-10,15-16,21-23H2,1-2H3,(H,44,47)(H,45,51)(H,46,52)(H,48,55)/t26-,34+,35+,36-/m1/s1. The SMILES string of the molecule is COC(=O)N[C@@H](C(=O)N1CCC[C@H]1c1ncc(C(=O)Nc2ccc(NC(=O)C3=CN=C([C@@H]4CCCN4C(=O)[C@H](C)c4ccccc4)C3)cc2)[nH]1)c1ccccc1. The van der Waals surface area contributed by atoms with Gasteiger partial charge in [-0.2, -0.15) is 0 Å². The molecule has 7 rings (SSSR count). The van der Waals surface area contributed by atoms with E-state index in [2.05, 4.69) is 30.9 Å². The molecule has 0 aliphatic carbocycles. The van der Waals surface area contributed by atoms with Crippen LogP contribution < -0.4 is 16.0 Å². The molecule has 0 saturated carbocycles. The van der Waals surface area contributed by atoms with Gasteiger partial charge in [-0.3, -0.25) is 24.2 Å². The molecule has 4 heterocycles. The molecule has 2 saturated heterocycles. The van der Waals surface area contributed by atoms with Crippen molar-refractivity contribution in [1.29, 1.82) is 0 Å². The number of carbonyl (C=O) groups is 5. The molecule has 0 bridgehead atoms. The van der Waals surface area contributed by atoms with E-state index in [4.69, 9.17) is 4.74 Å². The van der Waals surface area contributed by atoms with E-state index in [1.165, 1.54) is 13.3 Å².